The molecule has 5 rings (SSSR count). The quantitative estimate of drug-likeness (QED) is 0.288. The molecule has 39 heavy (non-hydrogen) atoms. The van der Waals surface area contributed by atoms with Gasteiger partial charge in [0.1, 0.15) is 29.0 Å². The number of fused-ring (bicyclic) bond motifs is 2. The molecule has 0 spiro atoms. The van der Waals surface area contributed by atoms with Gasteiger partial charge in [0.25, 0.3) is 0 Å². The van der Waals surface area contributed by atoms with E-state index >= 15 is 0 Å². The molecule has 0 unspecified atom stereocenters. The average molecular weight is 548 g/mol. The first kappa shape index (κ1) is 28.3. The fourth-order valence-corrected chi connectivity index (χ4v) is 4.40. The van der Waals surface area contributed by atoms with Crippen LogP contribution >= 0.6 is 0 Å². The van der Waals surface area contributed by atoms with Crippen LogP contribution in [0.15, 0.2) is 65.2 Å². The largest absolute Gasteiger partial charge is 1.00 e. The van der Waals surface area contributed by atoms with E-state index in [1.807, 2.05) is 0 Å². The minimum Gasteiger partial charge on any atom is -0.546 e. The summed E-state index contributed by atoms with van der Waals surface area (Å²) < 4.78 is 61.2. The van der Waals surface area contributed by atoms with Crippen LogP contribution in [-0.4, -0.2) is 35.3 Å². The van der Waals surface area contributed by atoms with Gasteiger partial charge in [0.05, 0.1) is 24.0 Å². The second-order valence-electron chi connectivity index (χ2n) is 8.49. The number of hydrogen-bond acceptors (Lipinski definition) is 7. The van der Waals surface area contributed by atoms with Crippen molar-refractivity contribution >= 4 is 27.8 Å². The number of carbonyl (C=O) groups excluding carboxylic acids is 1. The van der Waals surface area contributed by atoms with Crippen LogP contribution in [0, 0.1) is 6.92 Å². The Labute approximate surface area is 242 Å². The minimum atomic E-state index is -4.88. The SMILES string of the molecule is COc1ccc2c(-c3c(C)n(-c4cccc(O[C@H](C)C(=O)[O-])c4)c4cc(OC(F)(F)F)ccc34)noc2c1.[Na+]. The molecule has 1 atom stereocenters. The van der Waals surface area contributed by atoms with Gasteiger partial charge in [-0.25, -0.2) is 0 Å². The summed E-state index contributed by atoms with van der Waals surface area (Å²) in [5, 5.41) is 16.7. The van der Waals surface area contributed by atoms with Crippen LogP contribution in [0.4, 0.5) is 13.2 Å². The van der Waals surface area contributed by atoms with Crippen LogP contribution in [0.1, 0.15) is 12.6 Å². The molecule has 2 aromatic heterocycles. The third-order valence-corrected chi connectivity index (χ3v) is 6.05. The number of alkyl halides is 3. The predicted octanol–water partition coefficient (Wildman–Crippen LogP) is 2.18. The zero-order valence-electron chi connectivity index (χ0n) is 21.3. The molecule has 196 valence electrons. The first-order chi connectivity index (χ1) is 18.1. The molecule has 0 fully saturated rings. The number of carboxylic acid groups (broad SMARTS) is 1. The van der Waals surface area contributed by atoms with Crippen molar-refractivity contribution in [2.24, 2.45) is 0 Å². The second-order valence-corrected chi connectivity index (χ2v) is 8.49. The molecule has 0 aliphatic rings. The maximum absolute atomic E-state index is 13.0. The molecule has 0 amide bonds. The first-order valence-electron chi connectivity index (χ1n) is 11.4. The van der Waals surface area contributed by atoms with E-state index in [4.69, 9.17) is 14.0 Å². The van der Waals surface area contributed by atoms with Crippen molar-refractivity contribution in [1.29, 1.82) is 0 Å². The summed E-state index contributed by atoms with van der Waals surface area (Å²) in [5.74, 6) is -0.966. The molecular formula is C27H20F3N2NaO6. The summed E-state index contributed by atoms with van der Waals surface area (Å²) >= 11 is 0. The van der Waals surface area contributed by atoms with E-state index in [0.717, 1.165) is 0 Å². The summed E-state index contributed by atoms with van der Waals surface area (Å²) in [7, 11) is 1.53. The van der Waals surface area contributed by atoms with Gasteiger partial charge in [0.15, 0.2) is 5.58 Å². The van der Waals surface area contributed by atoms with Gasteiger partial charge < -0.3 is 33.2 Å². The molecule has 0 saturated heterocycles. The van der Waals surface area contributed by atoms with Crippen molar-refractivity contribution in [1.82, 2.24) is 9.72 Å². The van der Waals surface area contributed by atoms with Crippen LogP contribution in [0.2, 0.25) is 0 Å². The van der Waals surface area contributed by atoms with Crippen molar-refractivity contribution in [3.63, 3.8) is 0 Å². The molecule has 0 radical (unpaired) electrons. The third-order valence-electron chi connectivity index (χ3n) is 6.05. The number of nitrogens with zero attached hydrogens (tertiary/aromatic N) is 2. The van der Waals surface area contributed by atoms with Crippen LogP contribution in [0.25, 0.3) is 38.8 Å². The van der Waals surface area contributed by atoms with Gasteiger partial charge in [-0.15, -0.1) is 13.2 Å². The Kier molecular flexibility index (Phi) is 7.87. The number of ether oxygens (including phenoxy) is 3. The molecule has 0 aliphatic carbocycles. The van der Waals surface area contributed by atoms with Gasteiger partial charge in [-0.2, -0.15) is 0 Å². The Bertz CT molecular complexity index is 1680. The molecule has 12 heteroatoms. The number of hydrogen-bond donors (Lipinski definition) is 0. The van der Waals surface area contributed by atoms with Crippen LogP contribution in [0.3, 0.4) is 0 Å². The molecular weight excluding hydrogens is 528 g/mol. The Morgan fingerprint density at radius 3 is 2.44 bits per heavy atom. The summed E-state index contributed by atoms with van der Waals surface area (Å²) in [6.45, 7) is 3.13. The average Bonchev–Trinajstić information content (AvgIpc) is 3.39. The van der Waals surface area contributed by atoms with E-state index in [1.54, 1.807) is 54.0 Å². The van der Waals surface area contributed by atoms with Crippen LogP contribution in [-0.2, 0) is 4.79 Å². The van der Waals surface area contributed by atoms with Gasteiger partial charge in [0.2, 0.25) is 0 Å². The zero-order chi connectivity index (χ0) is 27.2. The number of carbonyl (C=O) groups is 1. The van der Waals surface area contributed by atoms with E-state index in [1.165, 1.54) is 32.2 Å². The number of methoxy groups -OCH3 is 1. The smallest absolute Gasteiger partial charge is 0.546 e. The van der Waals surface area contributed by atoms with Crippen molar-refractivity contribution in [3.05, 3.63) is 66.4 Å². The number of halogens is 3. The van der Waals surface area contributed by atoms with Gasteiger partial charge in [-0.1, -0.05) is 11.2 Å². The second kappa shape index (κ2) is 10.8. The predicted molar refractivity (Wildman–Crippen MR) is 129 cm³/mol. The molecule has 3 aromatic carbocycles. The van der Waals surface area contributed by atoms with Crippen LogP contribution < -0.4 is 48.9 Å². The van der Waals surface area contributed by atoms with Gasteiger partial charge in [-0.3, -0.25) is 0 Å². The van der Waals surface area contributed by atoms with Crippen molar-refractivity contribution < 1.29 is 71.4 Å². The van der Waals surface area contributed by atoms with E-state index in [0.29, 0.717) is 50.3 Å². The van der Waals surface area contributed by atoms with E-state index in [-0.39, 0.29) is 35.3 Å². The number of carboxylic acids is 1. The molecule has 5 aromatic rings. The fraction of sp³-hybridized carbons (Fsp3) is 0.185. The first-order valence-corrected chi connectivity index (χ1v) is 11.4. The molecule has 2 heterocycles. The topological polar surface area (TPSA) is 98.8 Å². The van der Waals surface area contributed by atoms with Gasteiger partial charge >= 0.3 is 35.9 Å². The standard InChI is InChI=1S/C27H21F3N2O6.Na/c1-14-24(25-21-10-7-17(35-3)13-23(21)38-31-25)20-9-8-19(37-27(28,29)30)12-22(20)32(14)16-5-4-6-18(11-16)36-15(2)26(33)34;/h4-13,15H,1-3H3,(H,33,34);/q;+1/p-1/t15-;/m1./s1. The maximum atomic E-state index is 13.0. The number of aromatic nitrogens is 2. The Balaban J connectivity index is 0.00000353. The van der Waals surface area contributed by atoms with Gasteiger partial charge in [-0.05, 0) is 50.2 Å². The molecule has 0 saturated carbocycles. The number of aliphatic carboxylic acids is 1. The molecule has 0 N–H and O–H groups in total. The maximum Gasteiger partial charge on any atom is 1.00 e. The van der Waals surface area contributed by atoms with Crippen molar-refractivity contribution in [2.45, 2.75) is 26.3 Å². The van der Waals surface area contributed by atoms with Gasteiger partial charge in [0, 0.05) is 40.5 Å². The Morgan fingerprint density at radius 1 is 1.03 bits per heavy atom. The summed E-state index contributed by atoms with van der Waals surface area (Å²) in [4.78, 5) is 11.2. The minimum absolute atomic E-state index is 0. The monoisotopic (exact) mass is 548 g/mol. The van der Waals surface area contributed by atoms with E-state index < -0.39 is 24.2 Å². The van der Waals surface area contributed by atoms with Crippen LogP contribution in [0.5, 0.6) is 17.2 Å². The zero-order valence-corrected chi connectivity index (χ0v) is 23.3. The molecule has 0 bridgehead atoms. The summed E-state index contributed by atoms with van der Waals surface area (Å²) in [6, 6.07) is 15.8. The summed E-state index contributed by atoms with van der Waals surface area (Å²) in [5.41, 5.74) is 3.15. The number of benzene rings is 3. The fourth-order valence-electron chi connectivity index (χ4n) is 4.40. The normalized spacial score (nSPS) is 12.3. The summed E-state index contributed by atoms with van der Waals surface area (Å²) in [6.07, 6.45) is -6.09. The van der Waals surface area contributed by atoms with Crippen molar-refractivity contribution in [3.8, 4) is 34.2 Å². The van der Waals surface area contributed by atoms with Crippen molar-refractivity contribution in [2.75, 3.05) is 7.11 Å². The number of rotatable bonds is 7. The van der Waals surface area contributed by atoms with E-state index in [2.05, 4.69) is 9.89 Å². The van der Waals surface area contributed by atoms with E-state index in [9.17, 15) is 23.1 Å². The molecule has 8 nitrogen and oxygen atoms in total. The molecule has 0 aliphatic heterocycles. The Hall–Kier alpha value is -3.67. The Morgan fingerprint density at radius 2 is 1.74 bits per heavy atom. The third kappa shape index (κ3) is 5.56.